The van der Waals surface area contributed by atoms with Crippen molar-refractivity contribution in [2.24, 2.45) is 7.05 Å². The van der Waals surface area contributed by atoms with Crippen LogP contribution in [-0.4, -0.2) is 23.9 Å². The quantitative estimate of drug-likeness (QED) is 0.919. The van der Waals surface area contributed by atoms with Gasteiger partial charge in [0.05, 0.1) is 18.8 Å². The standard InChI is InChI=1S/C17H25N3O/c1-7-15-14(10-20(5)19-15)16(18-4)13-9-8-11(2)12(3)17(13)21-6/h8-10,16,18H,7H2,1-6H3. The number of hydrogen-bond donors (Lipinski definition) is 1. The molecule has 114 valence electrons. The van der Waals surface area contributed by atoms with E-state index in [1.165, 1.54) is 16.7 Å². The summed E-state index contributed by atoms with van der Waals surface area (Å²) in [7, 11) is 5.68. The molecule has 2 rings (SSSR count). The molecule has 0 aliphatic rings. The Bertz CT molecular complexity index is 631. The molecule has 0 aliphatic carbocycles. The van der Waals surface area contributed by atoms with Crippen LogP contribution < -0.4 is 10.1 Å². The smallest absolute Gasteiger partial charge is 0.127 e. The van der Waals surface area contributed by atoms with E-state index in [1.807, 2.05) is 18.8 Å². The predicted molar refractivity (Wildman–Crippen MR) is 86.0 cm³/mol. The zero-order chi connectivity index (χ0) is 15.6. The Morgan fingerprint density at radius 3 is 2.57 bits per heavy atom. The third kappa shape index (κ3) is 2.81. The summed E-state index contributed by atoms with van der Waals surface area (Å²) in [6.07, 6.45) is 3.01. The molecule has 4 nitrogen and oxygen atoms in total. The Kier molecular flexibility index (Phi) is 4.68. The van der Waals surface area contributed by atoms with Crippen molar-refractivity contribution in [1.82, 2.24) is 15.1 Å². The molecule has 0 saturated carbocycles. The summed E-state index contributed by atoms with van der Waals surface area (Å²) in [6.45, 7) is 6.35. The monoisotopic (exact) mass is 287 g/mol. The highest BCUT2D eigenvalue weighted by molar-refractivity contribution is 5.49. The number of hydrogen-bond acceptors (Lipinski definition) is 3. The van der Waals surface area contributed by atoms with Gasteiger partial charge in [-0.25, -0.2) is 0 Å². The lowest BCUT2D eigenvalue weighted by atomic mass is 9.94. The van der Waals surface area contributed by atoms with Crippen LogP contribution in [0.15, 0.2) is 18.3 Å². The van der Waals surface area contributed by atoms with Gasteiger partial charge in [0.25, 0.3) is 0 Å². The third-order valence-corrected chi connectivity index (χ3v) is 4.09. The van der Waals surface area contributed by atoms with Gasteiger partial charge in [-0.3, -0.25) is 4.68 Å². The van der Waals surface area contributed by atoms with E-state index in [2.05, 4.69) is 49.5 Å². The SMILES string of the molecule is CCc1nn(C)cc1C(NC)c1ccc(C)c(C)c1OC. The number of nitrogens with one attached hydrogen (secondary N) is 1. The molecule has 0 aliphatic heterocycles. The molecule has 0 amide bonds. The van der Waals surface area contributed by atoms with Gasteiger partial charge in [0, 0.05) is 24.4 Å². The van der Waals surface area contributed by atoms with Crippen molar-refractivity contribution < 1.29 is 4.74 Å². The number of nitrogens with zero attached hydrogens (tertiary/aromatic N) is 2. The fourth-order valence-electron chi connectivity index (χ4n) is 2.86. The first-order valence-corrected chi connectivity index (χ1v) is 7.37. The van der Waals surface area contributed by atoms with E-state index in [9.17, 15) is 0 Å². The first kappa shape index (κ1) is 15.6. The van der Waals surface area contributed by atoms with Crippen LogP contribution in [0.1, 0.15) is 40.9 Å². The molecule has 0 radical (unpaired) electrons. The van der Waals surface area contributed by atoms with Gasteiger partial charge in [-0.1, -0.05) is 19.1 Å². The number of methoxy groups -OCH3 is 1. The highest BCUT2D eigenvalue weighted by Crippen LogP contribution is 2.35. The topological polar surface area (TPSA) is 39.1 Å². The molecule has 4 heteroatoms. The average molecular weight is 287 g/mol. The molecule has 1 N–H and O–H groups in total. The van der Waals surface area contributed by atoms with E-state index < -0.39 is 0 Å². The number of ether oxygens (including phenoxy) is 1. The summed E-state index contributed by atoms with van der Waals surface area (Å²) in [5.74, 6) is 0.959. The minimum Gasteiger partial charge on any atom is -0.496 e. The molecule has 2 aromatic rings. The van der Waals surface area contributed by atoms with Crippen LogP contribution in [-0.2, 0) is 13.5 Å². The van der Waals surface area contributed by atoms with E-state index in [1.54, 1.807) is 7.11 Å². The van der Waals surface area contributed by atoms with Gasteiger partial charge in [0.1, 0.15) is 5.75 Å². The molecular formula is C17H25N3O. The van der Waals surface area contributed by atoms with Gasteiger partial charge in [0.15, 0.2) is 0 Å². The van der Waals surface area contributed by atoms with E-state index in [0.29, 0.717) is 0 Å². The zero-order valence-electron chi connectivity index (χ0n) is 13.8. The maximum absolute atomic E-state index is 5.67. The average Bonchev–Trinajstić information content (AvgIpc) is 2.84. The summed E-state index contributed by atoms with van der Waals surface area (Å²) in [6, 6.07) is 4.39. The Morgan fingerprint density at radius 1 is 1.29 bits per heavy atom. The third-order valence-electron chi connectivity index (χ3n) is 4.09. The molecular weight excluding hydrogens is 262 g/mol. The van der Waals surface area contributed by atoms with Crippen molar-refractivity contribution in [3.05, 3.63) is 46.3 Å². The van der Waals surface area contributed by atoms with E-state index in [4.69, 9.17) is 4.74 Å². The summed E-state index contributed by atoms with van der Waals surface area (Å²) in [4.78, 5) is 0. The van der Waals surface area contributed by atoms with Crippen LogP contribution in [0, 0.1) is 13.8 Å². The summed E-state index contributed by atoms with van der Waals surface area (Å²) in [5.41, 5.74) is 5.93. The van der Waals surface area contributed by atoms with Crippen LogP contribution in [0.3, 0.4) is 0 Å². The van der Waals surface area contributed by atoms with Crippen LogP contribution in [0.5, 0.6) is 5.75 Å². The predicted octanol–water partition coefficient (Wildman–Crippen LogP) is 2.92. The second-order valence-corrected chi connectivity index (χ2v) is 5.41. The lowest BCUT2D eigenvalue weighted by Crippen LogP contribution is -2.19. The number of benzene rings is 1. The van der Waals surface area contributed by atoms with Crippen molar-refractivity contribution in [2.45, 2.75) is 33.2 Å². The molecule has 21 heavy (non-hydrogen) atoms. The van der Waals surface area contributed by atoms with Crippen LogP contribution >= 0.6 is 0 Å². The molecule has 1 atom stereocenters. The Hall–Kier alpha value is -1.81. The van der Waals surface area contributed by atoms with E-state index in [0.717, 1.165) is 23.4 Å². The van der Waals surface area contributed by atoms with Crippen molar-refractivity contribution in [2.75, 3.05) is 14.2 Å². The zero-order valence-corrected chi connectivity index (χ0v) is 13.8. The minimum atomic E-state index is 0.0860. The molecule has 0 spiro atoms. The molecule has 1 heterocycles. The molecule has 1 aromatic heterocycles. The molecule has 0 bridgehead atoms. The maximum atomic E-state index is 5.67. The molecule has 1 aromatic carbocycles. The number of aromatic nitrogens is 2. The molecule has 1 unspecified atom stereocenters. The second kappa shape index (κ2) is 6.31. The minimum absolute atomic E-state index is 0.0860. The highest BCUT2D eigenvalue weighted by atomic mass is 16.5. The van der Waals surface area contributed by atoms with Crippen molar-refractivity contribution in [3.63, 3.8) is 0 Å². The van der Waals surface area contributed by atoms with Crippen LogP contribution in [0.25, 0.3) is 0 Å². The first-order valence-electron chi connectivity index (χ1n) is 7.37. The Labute approximate surface area is 127 Å². The normalized spacial score (nSPS) is 12.5. The first-order chi connectivity index (χ1) is 10.0. The largest absolute Gasteiger partial charge is 0.496 e. The van der Waals surface area contributed by atoms with Crippen molar-refractivity contribution in [3.8, 4) is 5.75 Å². The Morgan fingerprint density at radius 2 is 2.00 bits per heavy atom. The second-order valence-electron chi connectivity index (χ2n) is 5.41. The van der Waals surface area contributed by atoms with Gasteiger partial charge >= 0.3 is 0 Å². The van der Waals surface area contributed by atoms with Crippen molar-refractivity contribution in [1.29, 1.82) is 0 Å². The summed E-state index contributed by atoms with van der Waals surface area (Å²) < 4.78 is 7.56. The Balaban J connectivity index is 2.59. The van der Waals surface area contributed by atoms with E-state index >= 15 is 0 Å². The number of aryl methyl sites for hydroxylation is 3. The van der Waals surface area contributed by atoms with Crippen molar-refractivity contribution >= 4 is 0 Å². The van der Waals surface area contributed by atoms with Gasteiger partial charge in [-0.05, 0) is 38.4 Å². The van der Waals surface area contributed by atoms with Gasteiger partial charge < -0.3 is 10.1 Å². The van der Waals surface area contributed by atoms with Crippen LogP contribution in [0.2, 0.25) is 0 Å². The fourth-order valence-corrected chi connectivity index (χ4v) is 2.86. The molecule has 0 saturated heterocycles. The molecule has 0 fully saturated rings. The number of rotatable bonds is 5. The van der Waals surface area contributed by atoms with Gasteiger partial charge in [0.2, 0.25) is 0 Å². The van der Waals surface area contributed by atoms with Crippen LogP contribution in [0.4, 0.5) is 0 Å². The van der Waals surface area contributed by atoms with Gasteiger partial charge in [-0.2, -0.15) is 5.10 Å². The van der Waals surface area contributed by atoms with Gasteiger partial charge in [-0.15, -0.1) is 0 Å². The summed E-state index contributed by atoms with van der Waals surface area (Å²) >= 11 is 0. The fraction of sp³-hybridized carbons (Fsp3) is 0.471. The lowest BCUT2D eigenvalue weighted by molar-refractivity contribution is 0.401. The van der Waals surface area contributed by atoms with E-state index in [-0.39, 0.29) is 6.04 Å². The summed E-state index contributed by atoms with van der Waals surface area (Å²) in [5, 5.41) is 7.97. The maximum Gasteiger partial charge on any atom is 0.127 e. The highest BCUT2D eigenvalue weighted by Gasteiger charge is 2.22. The lowest BCUT2D eigenvalue weighted by Gasteiger charge is -2.21.